The van der Waals surface area contributed by atoms with Crippen LogP contribution in [0.2, 0.25) is 0 Å². The lowest BCUT2D eigenvalue weighted by atomic mass is 9.87. The second kappa shape index (κ2) is 7.44. The Morgan fingerprint density at radius 2 is 1.77 bits per heavy atom. The van der Waals surface area contributed by atoms with Crippen LogP contribution in [0.3, 0.4) is 0 Å². The molecular formula is C21H23N3O2. The molecule has 1 amide bonds. The van der Waals surface area contributed by atoms with E-state index in [0.717, 1.165) is 17.1 Å². The molecule has 0 saturated heterocycles. The largest absolute Gasteiger partial charge is 0.467 e. The van der Waals surface area contributed by atoms with Gasteiger partial charge in [-0.3, -0.25) is 4.79 Å². The molecule has 1 aromatic carbocycles. The number of pyridine rings is 1. The van der Waals surface area contributed by atoms with Gasteiger partial charge in [-0.25, -0.2) is 4.98 Å². The van der Waals surface area contributed by atoms with Gasteiger partial charge in [0.2, 0.25) is 0 Å². The summed E-state index contributed by atoms with van der Waals surface area (Å²) in [6.45, 7) is 7.05. The summed E-state index contributed by atoms with van der Waals surface area (Å²) in [5.74, 6) is 0.608. The molecule has 5 heteroatoms. The summed E-state index contributed by atoms with van der Waals surface area (Å²) in [5, 5.41) is 6.07. The third-order valence-electron chi connectivity index (χ3n) is 4.05. The molecule has 0 spiro atoms. The van der Waals surface area contributed by atoms with Crippen LogP contribution in [0.25, 0.3) is 0 Å². The molecule has 0 aliphatic carbocycles. The summed E-state index contributed by atoms with van der Waals surface area (Å²) < 4.78 is 5.27. The molecule has 0 aliphatic rings. The predicted molar refractivity (Wildman–Crippen MR) is 103 cm³/mol. The van der Waals surface area contributed by atoms with Crippen LogP contribution in [-0.4, -0.2) is 10.9 Å². The quantitative estimate of drug-likeness (QED) is 0.692. The van der Waals surface area contributed by atoms with E-state index in [1.807, 2.05) is 42.5 Å². The minimum Gasteiger partial charge on any atom is -0.467 e. The number of nitrogens with zero attached hydrogens (tertiary/aromatic N) is 1. The van der Waals surface area contributed by atoms with Gasteiger partial charge in [0.05, 0.1) is 24.7 Å². The normalized spacial score (nSPS) is 11.2. The topological polar surface area (TPSA) is 67.2 Å². The summed E-state index contributed by atoms with van der Waals surface area (Å²) in [6, 6.07) is 15.2. The van der Waals surface area contributed by atoms with Crippen molar-refractivity contribution in [3.05, 3.63) is 78.0 Å². The SMILES string of the molecule is CC(C)(C)c1ccc(NC(=O)c2ccc(NCc3ccco3)cn2)cc1. The van der Waals surface area contributed by atoms with Gasteiger partial charge in [-0.05, 0) is 47.4 Å². The Kier molecular flexibility index (Phi) is 5.07. The van der Waals surface area contributed by atoms with E-state index in [9.17, 15) is 4.79 Å². The molecule has 2 N–H and O–H groups in total. The Balaban J connectivity index is 1.59. The van der Waals surface area contributed by atoms with Crippen LogP contribution in [0.5, 0.6) is 0 Å². The van der Waals surface area contributed by atoms with Crippen LogP contribution < -0.4 is 10.6 Å². The van der Waals surface area contributed by atoms with Gasteiger partial charge < -0.3 is 15.1 Å². The zero-order valence-corrected chi connectivity index (χ0v) is 15.2. The number of hydrogen-bond acceptors (Lipinski definition) is 4. The maximum absolute atomic E-state index is 12.3. The Labute approximate surface area is 153 Å². The third-order valence-corrected chi connectivity index (χ3v) is 4.05. The van der Waals surface area contributed by atoms with E-state index in [-0.39, 0.29) is 11.3 Å². The minimum atomic E-state index is -0.230. The van der Waals surface area contributed by atoms with Crippen LogP contribution in [0.1, 0.15) is 42.6 Å². The van der Waals surface area contributed by atoms with Gasteiger partial charge >= 0.3 is 0 Å². The lowest BCUT2D eigenvalue weighted by Crippen LogP contribution is -2.15. The van der Waals surface area contributed by atoms with Crippen molar-refractivity contribution in [2.24, 2.45) is 0 Å². The second-order valence-corrected chi connectivity index (χ2v) is 7.15. The fraction of sp³-hybridized carbons (Fsp3) is 0.238. The summed E-state index contributed by atoms with van der Waals surface area (Å²) in [5.41, 5.74) is 3.26. The first-order chi connectivity index (χ1) is 12.4. The van der Waals surface area contributed by atoms with Crippen molar-refractivity contribution in [2.45, 2.75) is 32.7 Å². The third kappa shape index (κ3) is 4.51. The molecule has 2 aromatic heterocycles. The van der Waals surface area contributed by atoms with Crippen molar-refractivity contribution >= 4 is 17.3 Å². The number of carbonyl (C=O) groups is 1. The fourth-order valence-electron chi connectivity index (χ4n) is 2.48. The standard InChI is InChI=1S/C21H23N3O2/c1-21(2,3)15-6-8-16(9-7-15)24-20(25)19-11-10-17(13-23-19)22-14-18-5-4-12-26-18/h4-13,22H,14H2,1-3H3,(H,24,25). The highest BCUT2D eigenvalue weighted by Crippen LogP contribution is 2.23. The lowest BCUT2D eigenvalue weighted by molar-refractivity contribution is 0.102. The van der Waals surface area contributed by atoms with Crippen molar-refractivity contribution < 1.29 is 9.21 Å². The number of anilines is 2. The zero-order chi connectivity index (χ0) is 18.6. The number of carbonyl (C=O) groups excluding carboxylic acids is 1. The molecule has 0 fully saturated rings. The molecule has 26 heavy (non-hydrogen) atoms. The molecule has 3 aromatic rings. The number of aromatic nitrogens is 1. The number of furan rings is 1. The maximum Gasteiger partial charge on any atom is 0.274 e. The first kappa shape index (κ1) is 17.7. The molecule has 0 bridgehead atoms. The Morgan fingerprint density at radius 1 is 1.04 bits per heavy atom. The summed E-state index contributed by atoms with van der Waals surface area (Å²) >= 11 is 0. The maximum atomic E-state index is 12.3. The molecule has 3 rings (SSSR count). The molecule has 0 atom stereocenters. The van der Waals surface area contributed by atoms with Gasteiger partial charge in [0.15, 0.2) is 0 Å². The van der Waals surface area contributed by atoms with Gasteiger partial charge in [-0.2, -0.15) is 0 Å². The molecule has 0 unspecified atom stereocenters. The first-order valence-corrected chi connectivity index (χ1v) is 8.56. The number of rotatable bonds is 5. The molecule has 0 radical (unpaired) electrons. The van der Waals surface area contributed by atoms with Gasteiger partial charge in [0.1, 0.15) is 11.5 Å². The number of amides is 1. The molecule has 5 nitrogen and oxygen atoms in total. The molecular weight excluding hydrogens is 326 g/mol. The zero-order valence-electron chi connectivity index (χ0n) is 15.2. The summed E-state index contributed by atoms with van der Waals surface area (Å²) in [7, 11) is 0. The van der Waals surface area contributed by atoms with Gasteiger partial charge in [-0.15, -0.1) is 0 Å². The monoisotopic (exact) mass is 349 g/mol. The van der Waals surface area contributed by atoms with E-state index in [0.29, 0.717) is 12.2 Å². The molecule has 0 saturated carbocycles. The van der Waals surface area contributed by atoms with Gasteiger partial charge in [0, 0.05) is 5.69 Å². The van der Waals surface area contributed by atoms with Crippen molar-refractivity contribution in [3.8, 4) is 0 Å². The summed E-state index contributed by atoms with van der Waals surface area (Å²) in [4.78, 5) is 16.6. The number of nitrogens with one attached hydrogen (secondary N) is 2. The van der Waals surface area contributed by atoms with E-state index in [2.05, 4.69) is 36.4 Å². The van der Waals surface area contributed by atoms with Crippen LogP contribution in [0.4, 0.5) is 11.4 Å². The number of benzene rings is 1. The van der Waals surface area contributed by atoms with E-state index in [4.69, 9.17) is 4.42 Å². The van der Waals surface area contributed by atoms with Crippen molar-refractivity contribution in [2.75, 3.05) is 10.6 Å². The Bertz CT molecular complexity index is 846. The highest BCUT2D eigenvalue weighted by atomic mass is 16.3. The lowest BCUT2D eigenvalue weighted by Gasteiger charge is -2.19. The number of hydrogen-bond donors (Lipinski definition) is 2. The minimum absolute atomic E-state index is 0.0859. The molecule has 0 aliphatic heterocycles. The molecule has 2 heterocycles. The highest BCUT2D eigenvalue weighted by molar-refractivity contribution is 6.02. The Morgan fingerprint density at radius 3 is 2.35 bits per heavy atom. The average Bonchev–Trinajstić information content (AvgIpc) is 3.13. The van der Waals surface area contributed by atoms with Crippen LogP contribution in [-0.2, 0) is 12.0 Å². The van der Waals surface area contributed by atoms with Crippen molar-refractivity contribution in [1.82, 2.24) is 4.98 Å². The van der Waals surface area contributed by atoms with Crippen molar-refractivity contribution in [1.29, 1.82) is 0 Å². The Hall–Kier alpha value is -3.08. The van der Waals surface area contributed by atoms with Crippen molar-refractivity contribution in [3.63, 3.8) is 0 Å². The first-order valence-electron chi connectivity index (χ1n) is 8.56. The average molecular weight is 349 g/mol. The van der Waals surface area contributed by atoms with Crippen LogP contribution in [0, 0.1) is 0 Å². The van der Waals surface area contributed by atoms with Gasteiger partial charge in [0.25, 0.3) is 5.91 Å². The molecule has 134 valence electrons. The van der Waals surface area contributed by atoms with E-state index < -0.39 is 0 Å². The fourth-order valence-corrected chi connectivity index (χ4v) is 2.48. The predicted octanol–water partition coefficient (Wildman–Crippen LogP) is 4.84. The van der Waals surface area contributed by atoms with E-state index in [1.165, 1.54) is 5.56 Å². The van der Waals surface area contributed by atoms with Crippen LogP contribution in [0.15, 0.2) is 65.4 Å². The highest BCUT2D eigenvalue weighted by Gasteiger charge is 2.13. The van der Waals surface area contributed by atoms with E-state index in [1.54, 1.807) is 18.5 Å². The second-order valence-electron chi connectivity index (χ2n) is 7.15. The van der Waals surface area contributed by atoms with Crippen LogP contribution >= 0.6 is 0 Å². The van der Waals surface area contributed by atoms with E-state index >= 15 is 0 Å². The van der Waals surface area contributed by atoms with Gasteiger partial charge in [-0.1, -0.05) is 32.9 Å². The summed E-state index contributed by atoms with van der Waals surface area (Å²) in [6.07, 6.45) is 3.28. The smallest absolute Gasteiger partial charge is 0.274 e.